The molecule has 2 amide bonds. The zero-order chi connectivity index (χ0) is 24.6. The predicted molar refractivity (Wildman–Crippen MR) is 126 cm³/mol. The van der Waals surface area contributed by atoms with Crippen molar-refractivity contribution in [3.8, 4) is 5.75 Å². The van der Waals surface area contributed by atoms with Gasteiger partial charge in [-0.3, -0.25) is 9.59 Å². The van der Waals surface area contributed by atoms with E-state index in [1.807, 2.05) is 24.3 Å². The first-order chi connectivity index (χ1) is 17.0. The van der Waals surface area contributed by atoms with Gasteiger partial charge in [-0.15, -0.1) is 0 Å². The normalized spacial score (nSPS) is 15.1. The van der Waals surface area contributed by atoms with E-state index in [1.54, 1.807) is 12.0 Å². The third-order valence-corrected chi connectivity index (χ3v) is 5.82. The van der Waals surface area contributed by atoms with Crippen LogP contribution in [0, 0.1) is 5.82 Å². The van der Waals surface area contributed by atoms with E-state index in [0.717, 1.165) is 24.2 Å². The number of methoxy groups -OCH3 is 1. The number of nitrogens with zero attached hydrogens (tertiary/aromatic N) is 2. The number of carbonyl (C=O) groups excluding carboxylic acids is 2. The van der Waals surface area contributed by atoms with Crippen molar-refractivity contribution in [3.05, 3.63) is 83.0 Å². The highest BCUT2D eigenvalue weighted by molar-refractivity contribution is 5.94. The van der Waals surface area contributed by atoms with E-state index < -0.39 is 5.82 Å². The summed E-state index contributed by atoms with van der Waals surface area (Å²) in [5, 5.41) is 6.70. The Morgan fingerprint density at radius 1 is 1.17 bits per heavy atom. The van der Waals surface area contributed by atoms with Crippen LogP contribution in [0.5, 0.6) is 5.75 Å². The predicted octanol–water partition coefficient (Wildman–Crippen LogP) is 3.62. The van der Waals surface area contributed by atoms with Crippen molar-refractivity contribution in [2.45, 2.75) is 31.9 Å². The zero-order valence-corrected chi connectivity index (χ0v) is 19.5. The Balaban J connectivity index is 1.36. The van der Waals surface area contributed by atoms with Crippen LogP contribution < -0.4 is 10.1 Å². The lowest BCUT2D eigenvalue weighted by atomic mass is 10.1. The molecule has 1 fully saturated rings. The first-order valence-electron chi connectivity index (χ1n) is 11.5. The molecule has 0 bridgehead atoms. The van der Waals surface area contributed by atoms with Crippen molar-refractivity contribution in [2.24, 2.45) is 0 Å². The Morgan fingerprint density at radius 2 is 1.94 bits per heavy atom. The lowest BCUT2D eigenvalue weighted by Crippen LogP contribution is -2.36. The van der Waals surface area contributed by atoms with E-state index >= 15 is 0 Å². The highest BCUT2D eigenvalue weighted by Gasteiger charge is 2.25. The number of carbonyl (C=O) groups is 2. The van der Waals surface area contributed by atoms with Crippen LogP contribution in [0.15, 0.2) is 59.1 Å². The van der Waals surface area contributed by atoms with E-state index in [-0.39, 0.29) is 30.2 Å². The van der Waals surface area contributed by atoms with Gasteiger partial charge in [-0.2, -0.15) is 0 Å². The summed E-state index contributed by atoms with van der Waals surface area (Å²) in [6, 6.07) is 14.6. The van der Waals surface area contributed by atoms with Crippen LogP contribution in [0.3, 0.4) is 0 Å². The third-order valence-electron chi connectivity index (χ3n) is 5.82. The van der Waals surface area contributed by atoms with Crippen LogP contribution in [-0.2, 0) is 17.7 Å². The molecule has 2 aromatic carbocycles. The summed E-state index contributed by atoms with van der Waals surface area (Å²) in [7, 11) is 1.61. The van der Waals surface area contributed by atoms with Crippen molar-refractivity contribution in [3.63, 3.8) is 0 Å². The third kappa shape index (κ3) is 6.66. The topological polar surface area (TPSA) is 93.9 Å². The molecule has 0 aliphatic carbocycles. The summed E-state index contributed by atoms with van der Waals surface area (Å²) < 4.78 is 29.5. The Morgan fingerprint density at radius 3 is 2.63 bits per heavy atom. The second-order valence-electron chi connectivity index (χ2n) is 8.36. The van der Waals surface area contributed by atoms with Gasteiger partial charge < -0.3 is 24.2 Å². The number of amides is 2. The van der Waals surface area contributed by atoms with Crippen molar-refractivity contribution < 1.29 is 28.0 Å². The molecule has 8 nitrogen and oxygen atoms in total. The van der Waals surface area contributed by atoms with Gasteiger partial charge in [0, 0.05) is 31.3 Å². The lowest BCUT2D eigenvalue weighted by molar-refractivity contribution is 0.0486. The highest BCUT2D eigenvalue weighted by Crippen LogP contribution is 2.18. The highest BCUT2D eigenvalue weighted by atomic mass is 19.1. The van der Waals surface area contributed by atoms with E-state index in [2.05, 4.69) is 10.5 Å². The minimum Gasteiger partial charge on any atom is -0.497 e. The fourth-order valence-electron chi connectivity index (χ4n) is 3.91. The maximum atomic E-state index is 13.3. The minimum atomic E-state index is -0.412. The van der Waals surface area contributed by atoms with Crippen molar-refractivity contribution in [2.75, 3.05) is 26.8 Å². The van der Waals surface area contributed by atoms with Crippen molar-refractivity contribution in [1.29, 1.82) is 0 Å². The largest absolute Gasteiger partial charge is 0.497 e. The molecule has 0 saturated carbocycles. The van der Waals surface area contributed by atoms with Gasteiger partial charge in [-0.1, -0.05) is 17.3 Å². The van der Waals surface area contributed by atoms with Crippen LogP contribution in [0.25, 0.3) is 0 Å². The zero-order valence-electron chi connectivity index (χ0n) is 19.5. The molecular weight excluding hydrogens is 453 g/mol. The van der Waals surface area contributed by atoms with Crippen molar-refractivity contribution in [1.82, 2.24) is 15.4 Å². The molecule has 35 heavy (non-hydrogen) atoms. The minimum absolute atomic E-state index is 0.0805. The number of ether oxygens (including phenoxy) is 2. The number of halogens is 1. The monoisotopic (exact) mass is 481 g/mol. The van der Waals surface area contributed by atoms with Gasteiger partial charge in [0.25, 0.3) is 11.8 Å². The SMILES string of the molecule is COc1ccc(CCNC(=O)c2cc(CN(CC3CCCO3)C(=O)c3ccc(F)cc3)on2)cc1. The van der Waals surface area contributed by atoms with Gasteiger partial charge in [0.2, 0.25) is 0 Å². The van der Waals surface area contributed by atoms with E-state index in [0.29, 0.717) is 37.4 Å². The molecule has 1 aliphatic rings. The fraction of sp³-hybridized carbons (Fsp3) is 0.346. The Kier molecular flexibility index (Phi) is 8.10. The summed E-state index contributed by atoms with van der Waals surface area (Å²) in [5.74, 6) is 0.106. The summed E-state index contributed by atoms with van der Waals surface area (Å²) in [6.45, 7) is 1.57. The number of aromatic nitrogens is 1. The molecule has 3 aromatic rings. The molecular formula is C26H28FN3O5. The summed E-state index contributed by atoms with van der Waals surface area (Å²) >= 11 is 0. The van der Waals surface area contributed by atoms with Gasteiger partial charge in [-0.05, 0) is 61.2 Å². The molecule has 0 radical (unpaired) electrons. The molecule has 184 valence electrons. The molecule has 1 N–H and O–H groups in total. The maximum Gasteiger partial charge on any atom is 0.273 e. The molecule has 1 aliphatic heterocycles. The van der Waals surface area contributed by atoms with Gasteiger partial charge in [0.1, 0.15) is 11.6 Å². The van der Waals surface area contributed by atoms with Gasteiger partial charge in [0.05, 0.1) is 19.8 Å². The molecule has 1 saturated heterocycles. The molecule has 1 atom stereocenters. The Bertz CT molecular complexity index is 1120. The lowest BCUT2D eigenvalue weighted by Gasteiger charge is -2.24. The molecule has 1 unspecified atom stereocenters. The van der Waals surface area contributed by atoms with Crippen LogP contribution in [0.4, 0.5) is 4.39 Å². The van der Waals surface area contributed by atoms with E-state index in [9.17, 15) is 14.0 Å². The molecule has 1 aromatic heterocycles. The van der Waals surface area contributed by atoms with Crippen molar-refractivity contribution >= 4 is 11.8 Å². The first kappa shape index (κ1) is 24.4. The quantitative estimate of drug-likeness (QED) is 0.476. The number of rotatable bonds is 10. The van der Waals surface area contributed by atoms with Crippen LogP contribution in [0.2, 0.25) is 0 Å². The molecule has 0 spiro atoms. The van der Waals surface area contributed by atoms with Gasteiger partial charge in [-0.25, -0.2) is 4.39 Å². The Hall–Kier alpha value is -3.72. The summed E-state index contributed by atoms with van der Waals surface area (Å²) in [4.78, 5) is 27.2. The van der Waals surface area contributed by atoms with E-state index in [4.69, 9.17) is 14.0 Å². The van der Waals surface area contributed by atoms with Gasteiger partial charge >= 0.3 is 0 Å². The van der Waals surface area contributed by atoms with Crippen LogP contribution in [-0.4, -0.2) is 54.8 Å². The smallest absolute Gasteiger partial charge is 0.273 e. The number of benzene rings is 2. The second kappa shape index (κ2) is 11.6. The van der Waals surface area contributed by atoms with E-state index in [1.165, 1.54) is 30.3 Å². The fourth-order valence-corrected chi connectivity index (χ4v) is 3.91. The molecule has 2 heterocycles. The second-order valence-corrected chi connectivity index (χ2v) is 8.36. The summed E-state index contributed by atoms with van der Waals surface area (Å²) in [5.41, 5.74) is 1.57. The number of hydrogen-bond donors (Lipinski definition) is 1. The van der Waals surface area contributed by atoms with Crippen LogP contribution >= 0.6 is 0 Å². The standard InChI is InChI=1S/C26H28FN3O5/c1-33-21-10-4-18(5-11-21)12-13-28-25(31)24-15-23(35-29-24)17-30(16-22-3-2-14-34-22)26(32)19-6-8-20(27)9-7-19/h4-11,15,22H,2-3,12-14,16-17H2,1H3,(H,28,31). The number of hydrogen-bond acceptors (Lipinski definition) is 6. The maximum absolute atomic E-state index is 13.3. The first-order valence-corrected chi connectivity index (χ1v) is 11.5. The van der Waals surface area contributed by atoms with Gasteiger partial charge in [0.15, 0.2) is 11.5 Å². The summed E-state index contributed by atoms with van der Waals surface area (Å²) in [6.07, 6.45) is 2.36. The average molecular weight is 482 g/mol. The van der Waals surface area contributed by atoms with Crippen LogP contribution in [0.1, 0.15) is 45.0 Å². The average Bonchev–Trinajstić information content (AvgIpc) is 3.56. The molecule has 9 heteroatoms. The number of nitrogens with one attached hydrogen (secondary N) is 1. The Labute approximate surface area is 203 Å². The molecule has 4 rings (SSSR count).